The number of benzene rings is 1. The molecule has 2 N–H and O–H groups in total. The van der Waals surface area contributed by atoms with Crippen molar-refractivity contribution in [1.82, 2.24) is 19.9 Å². The smallest absolute Gasteiger partial charge is 0.254 e. The van der Waals surface area contributed by atoms with Crippen molar-refractivity contribution in [2.75, 3.05) is 5.32 Å². The molecule has 3 heterocycles. The molecule has 0 radical (unpaired) electrons. The van der Waals surface area contributed by atoms with Gasteiger partial charge in [0.05, 0.1) is 11.7 Å². The Balaban J connectivity index is 1.65. The van der Waals surface area contributed by atoms with Crippen LogP contribution in [-0.4, -0.2) is 19.9 Å². The Morgan fingerprint density at radius 3 is 2.50 bits per heavy atom. The first-order valence-corrected chi connectivity index (χ1v) is 9.79. The lowest BCUT2D eigenvalue weighted by molar-refractivity contribution is 0.876. The van der Waals surface area contributed by atoms with Crippen LogP contribution in [0.25, 0.3) is 11.4 Å². The van der Waals surface area contributed by atoms with E-state index in [-0.39, 0.29) is 11.6 Å². The summed E-state index contributed by atoms with van der Waals surface area (Å²) in [5.41, 5.74) is 5.17. The van der Waals surface area contributed by atoms with Crippen LogP contribution in [0.5, 0.6) is 0 Å². The number of aromatic nitrogens is 4. The molecule has 0 aliphatic heterocycles. The Kier molecular flexibility index (Phi) is 5.39. The van der Waals surface area contributed by atoms with Crippen LogP contribution in [0.1, 0.15) is 34.1 Å². The van der Waals surface area contributed by atoms with Crippen LogP contribution in [0.2, 0.25) is 0 Å². The van der Waals surface area contributed by atoms with E-state index in [0.717, 1.165) is 16.8 Å². The van der Waals surface area contributed by atoms with Crippen molar-refractivity contribution < 1.29 is 0 Å². The number of aryl methyl sites for hydroxylation is 2. The van der Waals surface area contributed by atoms with Gasteiger partial charge >= 0.3 is 0 Å². The number of aromatic amines is 1. The van der Waals surface area contributed by atoms with E-state index >= 15 is 0 Å². The molecule has 1 aromatic carbocycles. The number of nitrogens with one attached hydrogen (secondary N) is 2. The number of hydrogen-bond donors (Lipinski definition) is 2. The molecule has 0 saturated heterocycles. The monoisotopic (exact) mass is 397 g/mol. The molecule has 0 aliphatic rings. The highest BCUT2D eigenvalue weighted by atomic mass is 16.1. The number of pyridine rings is 2. The second-order valence-electron chi connectivity index (χ2n) is 7.30. The summed E-state index contributed by atoms with van der Waals surface area (Å²) in [6.07, 6.45) is 3.50. The number of hydrogen-bond acceptors (Lipinski definition) is 5. The third kappa shape index (κ3) is 4.12. The maximum atomic E-state index is 12.1. The summed E-state index contributed by atoms with van der Waals surface area (Å²) in [5.74, 6) is 1.23. The van der Waals surface area contributed by atoms with Gasteiger partial charge in [0.15, 0.2) is 0 Å². The largest absolute Gasteiger partial charge is 0.358 e. The molecule has 6 nitrogen and oxygen atoms in total. The molecule has 1 atom stereocenters. The maximum Gasteiger partial charge on any atom is 0.254 e. The van der Waals surface area contributed by atoms with E-state index in [1.54, 1.807) is 19.3 Å². The fourth-order valence-corrected chi connectivity index (χ4v) is 3.27. The fourth-order valence-electron chi connectivity index (χ4n) is 3.27. The zero-order valence-corrected chi connectivity index (χ0v) is 17.2. The second kappa shape index (κ2) is 8.29. The van der Waals surface area contributed by atoms with Crippen LogP contribution >= 0.6 is 0 Å². The van der Waals surface area contributed by atoms with Crippen LogP contribution in [-0.2, 0) is 0 Å². The summed E-state index contributed by atoms with van der Waals surface area (Å²) in [5, 5.41) is 3.48. The quantitative estimate of drug-likeness (QED) is 0.523. The molecule has 0 amide bonds. The van der Waals surface area contributed by atoms with Gasteiger partial charge in [0.1, 0.15) is 11.6 Å². The normalized spacial score (nSPS) is 11.8. The zero-order chi connectivity index (χ0) is 21.1. The van der Waals surface area contributed by atoms with E-state index in [1.165, 1.54) is 5.56 Å². The average Bonchev–Trinajstić information content (AvgIpc) is 2.76. The molecule has 4 rings (SSSR count). The Bertz CT molecular complexity index is 1220. The Morgan fingerprint density at radius 1 is 0.967 bits per heavy atom. The molecule has 0 spiro atoms. The first-order chi connectivity index (χ1) is 14.5. The minimum Gasteiger partial charge on any atom is -0.358 e. The SMILES string of the molecule is Cc1cccc(C(Nc2ccc(-c3nc(C)c(C)c(=O)[nH]3)cn2)c2ccccn2)c1. The van der Waals surface area contributed by atoms with Gasteiger partial charge in [-0.2, -0.15) is 0 Å². The summed E-state index contributed by atoms with van der Waals surface area (Å²) in [6, 6.07) is 17.9. The van der Waals surface area contributed by atoms with Gasteiger partial charge in [-0.05, 0) is 50.6 Å². The Morgan fingerprint density at radius 2 is 1.83 bits per heavy atom. The highest BCUT2D eigenvalue weighted by molar-refractivity contribution is 5.57. The lowest BCUT2D eigenvalue weighted by Gasteiger charge is -2.20. The molecule has 30 heavy (non-hydrogen) atoms. The number of anilines is 1. The third-order valence-corrected chi connectivity index (χ3v) is 5.08. The highest BCUT2D eigenvalue weighted by Crippen LogP contribution is 2.26. The predicted octanol–water partition coefficient (Wildman–Crippen LogP) is 4.35. The second-order valence-corrected chi connectivity index (χ2v) is 7.30. The van der Waals surface area contributed by atoms with Gasteiger partial charge in [-0.25, -0.2) is 9.97 Å². The molecule has 3 aromatic heterocycles. The highest BCUT2D eigenvalue weighted by Gasteiger charge is 2.16. The topological polar surface area (TPSA) is 83.6 Å². The average molecular weight is 397 g/mol. The summed E-state index contributed by atoms with van der Waals surface area (Å²) < 4.78 is 0. The first kappa shape index (κ1) is 19.5. The third-order valence-electron chi connectivity index (χ3n) is 5.08. The lowest BCUT2D eigenvalue weighted by Crippen LogP contribution is -2.15. The van der Waals surface area contributed by atoms with Crippen molar-refractivity contribution in [2.24, 2.45) is 0 Å². The fraction of sp³-hybridized carbons (Fsp3) is 0.167. The van der Waals surface area contributed by atoms with Gasteiger partial charge in [0, 0.05) is 29.2 Å². The maximum absolute atomic E-state index is 12.1. The molecule has 0 bridgehead atoms. The van der Waals surface area contributed by atoms with Gasteiger partial charge in [-0.1, -0.05) is 35.9 Å². The molecule has 0 saturated carbocycles. The van der Waals surface area contributed by atoms with Gasteiger partial charge in [-0.3, -0.25) is 9.78 Å². The van der Waals surface area contributed by atoms with Crippen molar-refractivity contribution in [3.8, 4) is 11.4 Å². The Labute approximate surface area is 175 Å². The van der Waals surface area contributed by atoms with Gasteiger partial charge in [0.25, 0.3) is 5.56 Å². The van der Waals surface area contributed by atoms with Crippen molar-refractivity contribution in [3.05, 3.63) is 105 Å². The summed E-state index contributed by atoms with van der Waals surface area (Å²) in [7, 11) is 0. The van der Waals surface area contributed by atoms with Gasteiger partial charge < -0.3 is 10.3 Å². The predicted molar refractivity (Wildman–Crippen MR) is 118 cm³/mol. The van der Waals surface area contributed by atoms with Crippen LogP contribution in [0, 0.1) is 20.8 Å². The minimum absolute atomic E-state index is 0.130. The number of rotatable bonds is 5. The minimum atomic E-state index is -0.135. The molecule has 4 aromatic rings. The molecule has 150 valence electrons. The standard InChI is InChI=1S/C24H23N5O/c1-15-7-6-8-18(13-15)22(20-9-4-5-12-25-20)28-21-11-10-19(14-26-21)23-27-17(3)16(2)24(30)29-23/h4-14,22H,1-3H3,(H,26,28)(H,27,29,30). The molecule has 1 unspecified atom stereocenters. The molecular weight excluding hydrogens is 374 g/mol. The van der Waals surface area contributed by atoms with E-state index in [4.69, 9.17) is 0 Å². The van der Waals surface area contributed by atoms with Crippen LogP contribution in [0.3, 0.4) is 0 Å². The molecule has 6 heteroatoms. The van der Waals surface area contributed by atoms with Crippen molar-refractivity contribution in [3.63, 3.8) is 0 Å². The Hall–Kier alpha value is -3.80. The van der Waals surface area contributed by atoms with Crippen molar-refractivity contribution in [1.29, 1.82) is 0 Å². The van der Waals surface area contributed by atoms with Crippen molar-refractivity contribution >= 4 is 5.82 Å². The zero-order valence-electron chi connectivity index (χ0n) is 17.2. The van der Waals surface area contributed by atoms with E-state index in [9.17, 15) is 4.79 Å². The summed E-state index contributed by atoms with van der Waals surface area (Å²) >= 11 is 0. The molecule has 0 aliphatic carbocycles. The molecule has 0 fully saturated rings. The van der Waals surface area contributed by atoms with E-state index in [2.05, 4.69) is 50.4 Å². The van der Waals surface area contributed by atoms with Crippen LogP contribution < -0.4 is 10.9 Å². The number of H-pyrrole nitrogens is 1. The number of nitrogens with zero attached hydrogens (tertiary/aromatic N) is 3. The van der Waals surface area contributed by atoms with E-state index in [0.29, 0.717) is 22.9 Å². The van der Waals surface area contributed by atoms with E-state index in [1.807, 2.05) is 43.3 Å². The summed E-state index contributed by atoms with van der Waals surface area (Å²) in [4.78, 5) is 28.4. The lowest BCUT2D eigenvalue weighted by atomic mass is 10.0. The first-order valence-electron chi connectivity index (χ1n) is 9.79. The van der Waals surface area contributed by atoms with Gasteiger partial charge in [0.2, 0.25) is 0 Å². The van der Waals surface area contributed by atoms with E-state index < -0.39 is 0 Å². The molecular formula is C24H23N5O. The van der Waals surface area contributed by atoms with Gasteiger partial charge in [-0.15, -0.1) is 0 Å². The van der Waals surface area contributed by atoms with Crippen LogP contribution in [0.4, 0.5) is 5.82 Å². The van der Waals surface area contributed by atoms with Crippen molar-refractivity contribution in [2.45, 2.75) is 26.8 Å². The summed E-state index contributed by atoms with van der Waals surface area (Å²) in [6.45, 7) is 5.67. The van der Waals surface area contributed by atoms with Crippen LogP contribution in [0.15, 0.2) is 71.8 Å².